The Balaban J connectivity index is 1.63. The Bertz CT molecular complexity index is 820. The molecule has 2 heterocycles. The van der Waals surface area contributed by atoms with Gasteiger partial charge in [0.05, 0.1) is 30.8 Å². The van der Waals surface area contributed by atoms with E-state index >= 15 is 0 Å². The highest BCUT2D eigenvalue weighted by Crippen LogP contribution is 2.62. The molecule has 0 unspecified atom stereocenters. The maximum absolute atomic E-state index is 6.23. The molecule has 26 heavy (non-hydrogen) atoms. The molecular weight excluding hydrogens is 324 g/mol. The third-order valence-corrected chi connectivity index (χ3v) is 7.44. The van der Waals surface area contributed by atoms with Crippen molar-refractivity contribution in [2.24, 2.45) is 11.3 Å². The van der Waals surface area contributed by atoms with Crippen LogP contribution in [0.25, 0.3) is 5.69 Å². The second-order valence-corrected chi connectivity index (χ2v) is 8.95. The van der Waals surface area contributed by atoms with Gasteiger partial charge in [0.15, 0.2) is 5.79 Å². The van der Waals surface area contributed by atoms with Crippen LogP contribution in [0.15, 0.2) is 36.5 Å². The molecule has 2 aromatic rings. The van der Waals surface area contributed by atoms with Gasteiger partial charge in [-0.15, -0.1) is 0 Å². The molecule has 2 aliphatic carbocycles. The van der Waals surface area contributed by atoms with Crippen LogP contribution in [0.2, 0.25) is 0 Å². The van der Waals surface area contributed by atoms with Crippen LogP contribution in [0.1, 0.15) is 51.3 Å². The molecule has 138 valence electrons. The summed E-state index contributed by atoms with van der Waals surface area (Å²) in [5.41, 5.74) is 4.03. The first-order valence-electron chi connectivity index (χ1n) is 9.89. The van der Waals surface area contributed by atoms with Gasteiger partial charge in [-0.1, -0.05) is 39.0 Å². The number of hydrogen-bond acceptors (Lipinski definition) is 3. The number of rotatable bonds is 1. The van der Waals surface area contributed by atoms with Gasteiger partial charge < -0.3 is 9.47 Å². The monoisotopic (exact) mass is 352 g/mol. The highest BCUT2D eigenvalue weighted by molar-refractivity contribution is 5.41. The highest BCUT2D eigenvalue weighted by Gasteiger charge is 2.63. The van der Waals surface area contributed by atoms with Gasteiger partial charge in [0.2, 0.25) is 0 Å². The summed E-state index contributed by atoms with van der Waals surface area (Å²) in [5, 5.41) is 4.80. The molecule has 0 N–H and O–H groups in total. The summed E-state index contributed by atoms with van der Waals surface area (Å²) in [7, 11) is 0. The van der Waals surface area contributed by atoms with Crippen molar-refractivity contribution in [1.29, 1.82) is 0 Å². The molecule has 1 saturated heterocycles. The molecule has 0 amide bonds. The number of aryl methyl sites for hydroxylation is 1. The fourth-order valence-electron chi connectivity index (χ4n) is 6.16. The molecule has 0 bridgehead atoms. The van der Waals surface area contributed by atoms with E-state index in [1.807, 2.05) is 0 Å². The molecule has 0 radical (unpaired) electrons. The van der Waals surface area contributed by atoms with Crippen molar-refractivity contribution in [3.63, 3.8) is 0 Å². The predicted molar refractivity (Wildman–Crippen MR) is 100 cm³/mol. The number of aromatic nitrogens is 2. The molecule has 1 spiro atoms. The molecule has 2 fully saturated rings. The van der Waals surface area contributed by atoms with E-state index in [1.54, 1.807) is 0 Å². The lowest BCUT2D eigenvalue weighted by molar-refractivity contribution is -0.276. The zero-order valence-corrected chi connectivity index (χ0v) is 16.0. The van der Waals surface area contributed by atoms with Crippen LogP contribution in [0.5, 0.6) is 0 Å². The van der Waals surface area contributed by atoms with Gasteiger partial charge in [-0.05, 0) is 42.9 Å². The topological polar surface area (TPSA) is 36.3 Å². The summed E-state index contributed by atoms with van der Waals surface area (Å²) in [6.07, 6.45) is 6.37. The van der Waals surface area contributed by atoms with E-state index in [1.165, 1.54) is 17.7 Å². The number of ether oxygens (including phenoxy) is 2. The summed E-state index contributed by atoms with van der Waals surface area (Å²) in [4.78, 5) is 0. The number of para-hydroxylation sites is 1. The van der Waals surface area contributed by atoms with Crippen molar-refractivity contribution in [2.75, 3.05) is 13.2 Å². The van der Waals surface area contributed by atoms with Crippen LogP contribution >= 0.6 is 0 Å². The van der Waals surface area contributed by atoms with E-state index in [-0.39, 0.29) is 10.8 Å². The number of benzene rings is 1. The van der Waals surface area contributed by atoms with Crippen LogP contribution in [-0.2, 0) is 21.3 Å². The summed E-state index contributed by atoms with van der Waals surface area (Å²) < 4.78 is 14.6. The van der Waals surface area contributed by atoms with Crippen LogP contribution in [0.3, 0.4) is 0 Å². The summed E-state index contributed by atoms with van der Waals surface area (Å²) in [5.74, 6) is 0.0974. The van der Waals surface area contributed by atoms with E-state index in [9.17, 15) is 0 Å². The Labute approximate surface area is 155 Å². The Morgan fingerprint density at radius 1 is 1.04 bits per heavy atom. The van der Waals surface area contributed by atoms with E-state index < -0.39 is 5.79 Å². The average Bonchev–Trinajstić information content (AvgIpc) is 3.29. The number of hydrogen-bond donors (Lipinski definition) is 0. The van der Waals surface area contributed by atoms with Crippen LogP contribution < -0.4 is 0 Å². The van der Waals surface area contributed by atoms with Crippen molar-refractivity contribution in [3.8, 4) is 5.69 Å². The van der Waals surface area contributed by atoms with Crippen LogP contribution in [0, 0.1) is 11.3 Å². The van der Waals surface area contributed by atoms with Gasteiger partial charge in [0.1, 0.15) is 0 Å². The third-order valence-electron chi connectivity index (χ3n) is 7.44. The first-order chi connectivity index (χ1) is 12.5. The fourth-order valence-corrected chi connectivity index (χ4v) is 6.16. The Hall–Kier alpha value is -1.65. The highest BCUT2D eigenvalue weighted by atomic mass is 16.7. The minimum absolute atomic E-state index is 0.0278. The molecule has 1 aromatic carbocycles. The van der Waals surface area contributed by atoms with Gasteiger partial charge in [0.25, 0.3) is 0 Å². The molecule has 3 aliphatic rings. The maximum Gasteiger partial charge on any atom is 0.173 e. The standard InChI is InChI=1S/C22H28N2O2/c1-20(2)18-10-9-16-15-23-24(17-7-5-4-6-8-17)19(16)21(18,3)11-12-22(20)25-13-14-26-22/h4-8,15,18H,9-14H2,1-3H3/t18-,21-/m0/s1. The smallest absolute Gasteiger partial charge is 0.173 e. The summed E-state index contributed by atoms with van der Waals surface area (Å²) in [6, 6.07) is 10.5. The van der Waals surface area contributed by atoms with Gasteiger partial charge in [-0.25, -0.2) is 4.68 Å². The van der Waals surface area contributed by atoms with Gasteiger partial charge in [0, 0.05) is 17.3 Å². The average molecular weight is 352 g/mol. The normalized spacial score (nSPS) is 31.6. The first kappa shape index (κ1) is 16.5. The van der Waals surface area contributed by atoms with Crippen LogP contribution in [-0.4, -0.2) is 28.8 Å². The van der Waals surface area contributed by atoms with Crippen molar-refractivity contribution in [2.45, 2.75) is 57.7 Å². The maximum atomic E-state index is 6.23. The zero-order chi connectivity index (χ0) is 18.0. The molecule has 4 heteroatoms. The Kier molecular flexibility index (Phi) is 3.45. The molecule has 1 aromatic heterocycles. The quantitative estimate of drug-likeness (QED) is 0.769. The van der Waals surface area contributed by atoms with Gasteiger partial charge >= 0.3 is 0 Å². The SMILES string of the molecule is CC1(C)[C@@H]2CCc3cnn(-c4ccccc4)c3[C@@]2(C)CCC12OCCO2. The van der Waals surface area contributed by atoms with Crippen molar-refractivity contribution >= 4 is 0 Å². The lowest BCUT2D eigenvalue weighted by atomic mass is 9.49. The lowest BCUT2D eigenvalue weighted by Gasteiger charge is -2.59. The second kappa shape index (κ2) is 5.43. The predicted octanol–water partition coefficient (Wildman–Crippen LogP) is 4.26. The van der Waals surface area contributed by atoms with E-state index in [0.29, 0.717) is 5.92 Å². The van der Waals surface area contributed by atoms with Crippen molar-refractivity contribution in [3.05, 3.63) is 47.8 Å². The zero-order valence-electron chi connectivity index (χ0n) is 16.0. The summed E-state index contributed by atoms with van der Waals surface area (Å²) >= 11 is 0. The van der Waals surface area contributed by atoms with Crippen molar-refractivity contribution < 1.29 is 9.47 Å². The summed E-state index contributed by atoms with van der Waals surface area (Å²) in [6.45, 7) is 8.60. The molecule has 1 saturated carbocycles. The first-order valence-corrected chi connectivity index (χ1v) is 9.89. The van der Waals surface area contributed by atoms with Crippen LogP contribution in [0.4, 0.5) is 0 Å². The lowest BCUT2D eigenvalue weighted by Crippen LogP contribution is -2.61. The molecular formula is C22H28N2O2. The van der Waals surface area contributed by atoms with Crippen molar-refractivity contribution in [1.82, 2.24) is 9.78 Å². The largest absolute Gasteiger partial charge is 0.347 e. The Morgan fingerprint density at radius 2 is 1.77 bits per heavy atom. The van der Waals surface area contributed by atoms with E-state index in [0.717, 1.165) is 38.2 Å². The van der Waals surface area contributed by atoms with E-state index in [2.05, 4.69) is 62.0 Å². The molecule has 1 aliphatic heterocycles. The van der Waals surface area contributed by atoms with E-state index in [4.69, 9.17) is 14.6 Å². The molecule has 2 atom stereocenters. The number of nitrogens with zero attached hydrogens (tertiary/aromatic N) is 2. The van der Waals surface area contributed by atoms with Gasteiger partial charge in [-0.3, -0.25) is 0 Å². The molecule has 5 rings (SSSR count). The minimum atomic E-state index is -0.410. The third kappa shape index (κ3) is 2.00. The fraction of sp³-hybridized carbons (Fsp3) is 0.591. The second-order valence-electron chi connectivity index (χ2n) is 8.95. The Morgan fingerprint density at radius 3 is 2.50 bits per heavy atom. The number of fused-ring (bicyclic) bond motifs is 3. The van der Waals surface area contributed by atoms with Gasteiger partial charge in [-0.2, -0.15) is 5.10 Å². The molecule has 4 nitrogen and oxygen atoms in total. The minimum Gasteiger partial charge on any atom is -0.347 e.